The third-order valence-corrected chi connectivity index (χ3v) is 6.38. The molecule has 3 aromatic rings. The quantitative estimate of drug-likeness (QED) is 0.721. The molecule has 3 heterocycles. The van der Waals surface area contributed by atoms with E-state index in [9.17, 15) is 9.90 Å². The molecule has 0 bridgehead atoms. The molecular weight excluding hydrogens is 369 g/mol. The summed E-state index contributed by atoms with van der Waals surface area (Å²) in [5.41, 5.74) is 0.703. The number of nitrogens with one attached hydrogen (secondary N) is 1. The summed E-state index contributed by atoms with van der Waals surface area (Å²) in [5.74, 6) is -0.0951. The fourth-order valence-corrected chi connectivity index (χ4v) is 5.05. The first-order chi connectivity index (χ1) is 13.1. The van der Waals surface area contributed by atoms with Gasteiger partial charge in [0.1, 0.15) is 16.3 Å². The van der Waals surface area contributed by atoms with Crippen LogP contribution in [0.5, 0.6) is 11.5 Å². The van der Waals surface area contributed by atoms with Crippen molar-refractivity contribution in [2.24, 2.45) is 0 Å². The van der Waals surface area contributed by atoms with Crippen molar-refractivity contribution in [2.45, 2.75) is 18.9 Å². The Balaban J connectivity index is 1.92. The smallest absolute Gasteiger partial charge is 0.202 e. The maximum atomic E-state index is 15.2. The lowest BCUT2D eigenvalue weighted by Crippen LogP contribution is -2.44. The zero-order valence-corrected chi connectivity index (χ0v) is 15.7. The zero-order chi connectivity index (χ0) is 18.7. The second-order valence-corrected chi connectivity index (χ2v) is 7.96. The third-order valence-electron chi connectivity index (χ3n) is 5.42. The highest BCUT2D eigenvalue weighted by Gasteiger charge is 2.32. The molecule has 0 spiro atoms. The highest BCUT2D eigenvalue weighted by Crippen LogP contribution is 2.47. The van der Waals surface area contributed by atoms with Gasteiger partial charge in [0.15, 0.2) is 11.6 Å². The molecule has 1 aliphatic carbocycles. The SMILES string of the molecule is COc1c(N2CCNCC2)c(F)cc2c(=O)c3c(O)csc3n(C3CC3)c12. The average Bonchev–Trinajstić information content (AvgIpc) is 3.44. The molecule has 1 aliphatic heterocycles. The van der Waals surface area contributed by atoms with Gasteiger partial charge in [0.25, 0.3) is 0 Å². The predicted molar refractivity (Wildman–Crippen MR) is 105 cm³/mol. The van der Waals surface area contributed by atoms with Gasteiger partial charge in [-0.3, -0.25) is 4.79 Å². The molecule has 1 saturated heterocycles. The number of halogens is 1. The molecule has 6 nitrogen and oxygen atoms in total. The van der Waals surface area contributed by atoms with Crippen LogP contribution in [0.4, 0.5) is 10.1 Å². The normalized spacial score (nSPS) is 17.8. The number of pyridine rings is 1. The van der Waals surface area contributed by atoms with Crippen LogP contribution in [0.1, 0.15) is 18.9 Å². The molecule has 142 valence electrons. The van der Waals surface area contributed by atoms with Gasteiger partial charge in [-0.15, -0.1) is 11.3 Å². The van der Waals surface area contributed by atoms with Crippen molar-refractivity contribution in [2.75, 3.05) is 38.2 Å². The van der Waals surface area contributed by atoms with Crippen molar-refractivity contribution in [3.8, 4) is 11.5 Å². The predicted octanol–water partition coefficient (Wildman–Crippen LogP) is 2.81. The Morgan fingerprint density at radius 3 is 2.74 bits per heavy atom. The van der Waals surface area contributed by atoms with Crippen LogP contribution in [0.3, 0.4) is 0 Å². The first kappa shape index (κ1) is 16.8. The second-order valence-electron chi connectivity index (χ2n) is 7.10. The van der Waals surface area contributed by atoms with Gasteiger partial charge in [-0.25, -0.2) is 4.39 Å². The zero-order valence-electron chi connectivity index (χ0n) is 14.9. The first-order valence-electron chi connectivity index (χ1n) is 9.12. The monoisotopic (exact) mass is 389 g/mol. The van der Waals surface area contributed by atoms with Crippen molar-refractivity contribution in [1.82, 2.24) is 9.88 Å². The summed E-state index contributed by atoms with van der Waals surface area (Å²) in [7, 11) is 1.53. The topological polar surface area (TPSA) is 66.7 Å². The van der Waals surface area contributed by atoms with E-state index in [1.165, 1.54) is 24.5 Å². The maximum Gasteiger partial charge on any atom is 0.202 e. The summed E-state index contributed by atoms with van der Waals surface area (Å²) in [4.78, 5) is 15.8. The number of thiophene rings is 1. The van der Waals surface area contributed by atoms with Crippen LogP contribution >= 0.6 is 11.3 Å². The minimum Gasteiger partial charge on any atom is -0.506 e. The number of methoxy groups -OCH3 is 1. The van der Waals surface area contributed by atoms with Gasteiger partial charge in [0.2, 0.25) is 5.43 Å². The van der Waals surface area contributed by atoms with Crippen molar-refractivity contribution < 1.29 is 14.2 Å². The van der Waals surface area contributed by atoms with E-state index in [0.29, 0.717) is 30.0 Å². The number of benzene rings is 1. The minimum atomic E-state index is -0.463. The van der Waals surface area contributed by atoms with Gasteiger partial charge in [0.05, 0.1) is 23.4 Å². The lowest BCUT2D eigenvalue weighted by atomic mass is 10.1. The molecular formula is C19H20FN3O3S. The van der Waals surface area contributed by atoms with Crippen molar-refractivity contribution in [3.05, 3.63) is 27.5 Å². The number of aromatic nitrogens is 1. The standard InChI is InChI=1S/C19H20FN3O3S/c1-26-18-15-11(8-12(20)16(18)22-6-4-21-5-7-22)17(25)14-13(24)9-27-19(14)23(15)10-2-3-10/h8-10,21,24H,2-7H2,1H3. The summed E-state index contributed by atoms with van der Waals surface area (Å²) < 4.78 is 22.9. The summed E-state index contributed by atoms with van der Waals surface area (Å²) in [6.07, 6.45) is 1.99. The van der Waals surface area contributed by atoms with Gasteiger partial charge in [-0.1, -0.05) is 0 Å². The number of anilines is 1. The number of fused-ring (bicyclic) bond motifs is 2. The summed E-state index contributed by atoms with van der Waals surface area (Å²) in [6, 6.07) is 1.55. The second kappa shape index (κ2) is 6.10. The van der Waals surface area contributed by atoms with E-state index in [0.717, 1.165) is 30.8 Å². The molecule has 8 heteroatoms. The molecule has 0 unspecified atom stereocenters. The molecule has 1 aromatic carbocycles. The molecule has 0 atom stereocenters. The largest absolute Gasteiger partial charge is 0.506 e. The van der Waals surface area contributed by atoms with Gasteiger partial charge in [0, 0.05) is 37.6 Å². The molecule has 0 radical (unpaired) electrons. The van der Waals surface area contributed by atoms with Crippen LogP contribution in [-0.2, 0) is 0 Å². The van der Waals surface area contributed by atoms with E-state index >= 15 is 4.39 Å². The summed E-state index contributed by atoms with van der Waals surface area (Å²) in [5, 5.41) is 15.6. The maximum absolute atomic E-state index is 15.2. The Hall–Kier alpha value is -2.32. The fraction of sp³-hybridized carbons (Fsp3) is 0.421. The minimum absolute atomic E-state index is 0.0399. The van der Waals surface area contributed by atoms with Gasteiger partial charge in [-0.05, 0) is 18.9 Å². The van der Waals surface area contributed by atoms with E-state index < -0.39 is 5.82 Å². The fourth-order valence-electron chi connectivity index (χ4n) is 4.04. The average molecular weight is 389 g/mol. The first-order valence-corrected chi connectivity index (χ1v) is 10.00. The number of ether oxygens (including phenoxy) is 1. The Labute approximate surface area is 158 Å². The van der Waals surface area contributed by atoms with Gasteiger partial charge in [-0.2, -0.15) is 0 Å². The number of rotatable bonds is 3. The van der Waals surface area contributed by atoms with Crippen LogP contribution in [0.2, 0.25) is 0 Å². The van der Waals surface area contributed by atoms with Crippen molar-refractivity contribution in [1.29, 1.82) is 0 Å². The van der Waals surface area contributed by atoms with Crippen molar-refractivity contribution in [3.63, 3.8) is 0 Å². The Morgan fingerprint density at radius 1 is 1.33 bits per heavy atom. The highest BCUT2D eigenvalue weighted by atomic mass is 32.1. The van der Waals surface area contributed by atoms with Gasteiger partial charge < -0.3 is 24.6 Å². The molecule has 2 aromatic heterocycles. The van der Waals surface area contributed by atoms with Gasteiger partial charge >= 0.3 is 0 Å². The van der Waals surface area contributed by atoms with Crippen LogP contribution in [0.25, 0.3) is 21.1 Å². The highest BCUT2D eigenvalue weighted by molar-refractivity contribution is 7.17. The summed E-state index contributed by atoms with van der Waals surface area (Å²) in [6.45, 7) is 2.89. The number of hydrogen-bond acceptors (Lipinski definition) is 6. The van der Waals surface area contributed by atoms with E-state index in [1.54, 1.807) is 5.38 Å². The van der Waals surface area contributed by atoms with Crippen LogP contribution < -0.4 is 20.4 Å². The number of aromatic hydroxyl groups is 1. The Morgan fingerprint density at radius 2 is 2.07 bits per heavy atom. The Bertz CT molecular complexity index is 1110. The molecule has 1 saturated carbocycles. The van der Waals surface area contributed by atoms with E-state index in [1.807, 2.05) is 4.90 Å². The molecule has 0 amide bonds. The van der Waals surface area contributed by atoms with Crippen molar-refractivity contribution >= 4 is 38.1 Å². The number of nitrogens with zero attached hydrogens (tertiary/aromatic N) is 2. The van der Waals surface area contributed by atoms with E-state index in [2.05, 4.69) is 9.88 Å². The number of hydrogen-bond donors (Lipinski definition) is 2. The molecule has 2 fully saturated rings. The Kier molecular flexibility index (Phi) is 3.80. The molecule has 2 N–H and O–H groups in total. The molecule has 27 heavy (non-hydrogen) atoms. The third kappa shape index (κ3) is 2.43. The lowest BCUT2D eigenvalue weighted by molar-refractivity contribution is 0.411. The number of piperazine rings is 1. The van der Waals surface area contributed by atoms with E-state index in [-0.39, 0.29) is 28.0 Å². The van der Waals surface area contributed by atoms with E-state index in [4.69, 9.17) is 4.74 Å². The molecule has 5 rings (SSSR count). The summed E-state index contributed by atoms with van der Waals surface area (Å²) >= 11 is 1.34. The van der Waals surface area contributed by atoms with Crippen LogP contribution in [-0.4, -0.2) is 43.0 Å². The van der Waals surface area contributed by atoms with Crippen LogP contribution in [0.15, 0.2) is 16.2 Å². The lowest BCUT2D eigenvalue weighted by Gasteiger charge is -2.31. The van der Waals surface area contributed by atoms with Crippen LogP contribution in [0, 0.1) is 5.82 Å². The molecule has 2 aliphatic rings.